The molecule has 3 nitrogen and oxygen atoms in total. The van der Waals surface area contributed by atoms with Crippen molar-refractivity contribution in [1.29, 1.82) is 0 Å². The highest BCUT2D eigenvalue weighted by molar-refractivity contribution is 5.48. The van der Waals surface area contributed by atoms with Gasteiger partial charge >= 0.3 is 0 Å². The molecule has 3 heteroatoms. The number of hydrogen-bond donors (Lipinski definition) is 0. The molecule has 0 amide bonds. The lowest BCUT2D eigenvalue weighted by Crippen LogP contribution is -2.35. The third-order valence-corrected chi connectivity index (χ3v) is 3.87. The van der Waals surface area contributed by atoms with Gasteiger partial charge in [-0.2, -0.15) is 0 Å². The number of rotatable bonds is 2. The second kappa shape index (κ2) is 3.98. The van der Waals surface area contributed by atoms with Gasteiger partial charge in [0, 0.05) is 23.5 Å². The fourth-order valence-electron chi connectivity index (χ4n) is 3.07. The average Bonchev–Trinajstić information content (AvgIpc) is 2.87. The van der Waals surface area contributed by atoms with E-state index in [2.05, 4.69) is 27.0 Å². The first-order valence-electron chi connectivity index (χ1n) is 6.08. The molecule has 2 aliphatic heterocycles. The lowest BCUT2D eigenvalue weighted by molar-refractivity contribution is 0.251. The van der Waals surface area contributed by atoms with Crippen molar-refractivity contribution in [3.63, 3.8) is 0 Å². The van der Waals surface area contributed by atoms with Gasteiger partial charge in [-0.15, -0.1) is 0 Å². The molecule has 1 aromatic heterocycles. The summed E-state index contributed by atoms with van der Waals surface area (Å²) in [7, 11) is 0. The lowest BCUT2D eigenvalue weighted by atomic mass is 9.93. The molecule has 0 unspecified atom stereocenters. The number of aromatic nitrogens is 2. The number of fused-ring (bicyclic) bond motifs is 1. The summed E-state index contributed by atoms with van der Waals surface area (Å²) in [6.45, 7) is 2.55. The second-order valence-electron chi connectivity index (χ2n) is 4.80. The van der Waals surface area contributed by atoms with Crippen molar-refractivity contribution >= 4 is 6.08 Å². The zero-order valence-corrected chi connectivity index (χ0v) is 9.47. The van der Waals surface area contributed by atoms with Crippen LogP contribution in [-0.4, -0.2) is 33.5 Å². The first-order chi connectivity index (χ1) is 7.89. The third kappa shape index (κ3) is 1.65. The van der Waals surface area contributed by atoms with Crippen molar-refractivity contribution in [1.82, 2.24) is 14.9 Å². The molecule has 0 N–H and O–H groups in total. The molecule has 0 spiro atoms. The van der Waals surface area contributed by atoms with E-state index in [4.69, 9.17) is 0 Å². The molecule has 2 aliphatic rings. The van der Waals surface area contributed by atoms with Crippen LogP contribution in [-0.2, 0) is 0 Å². The van der Waals surface area contributed by atoms with Crippen molar-refractivity contribution in [3.8, 4) is 0 Å². The second-order valence-corrected chi connectivity index (χ2v) is 4.80. The summed E-state index contributed by atoms with van der Waals surface area (Å²) in [5.41, 5.74) is 1.46. The Morgan fingerprint density at radius 2 is 1.81 bits per heavy atom. The summed E-state index contributed by atoms with van der Waals surface area (Å²) in [6, 6.07) is 0. The Morgan fingerprint density at radius 3 is 2.50 bits per heavy atom. The number of hydrogen-bond acceptors (Lipinski definition) is 3. The molecule has 2 saturated heterocycles. The fourth-order valence-corrected chi connectivity index (χ4v) is 3.07. The predicted molar refractivity (Wildman–Crippen MR) is 63.8 cm³/mol. The van der Waals surface area contributed by atoms with Gasteiger partial charge in [-0.3, -0.25) is 4.90 Å². The van der Waals surface area contributed by atoms with Crippen LogP contribution < -0.4 is 0 Å². The lowest BCUT2D eigenvalue weighted by Gasteiger charge is -2.28. The molecule has 2 fully saturated rings. The predicted octanol–water partition coefficient (Wildman–Crippen LogP) is 2.12. The maximum atomic E-state index is 4.04. The zero-order chi connectivity index (χ0) is 10.8. The van der Waals surface area contributed by atoms with E-state index in [1.54, 1.807) is 6.33 Å². The Bertz CT molecular complexity index is 375. The molecule has 1 aromatic rings. The summed E-state index contributed by atoms with van der Waals surface area (Å²) in [6.07, 6.45) is 15.2. The Labute approximate surface area is 96.2 Å². The first-order valence-corrected chi connectivity index (χ1v) is 6.08. The van der Waals surface area contributed by atoms with Crippen LogP contribution in [0.2, 0.25) is 0 Å². The normalized spacial score (nSPS) is 24.0. The van der Waals surface area contributed by atoms with Crippen molar-refractivity contribution in [2.75, 3.05) is 13.1 Å². The van der Waals surface area contributed by atoms with Crippen molar-refractivity contribution in [2.24, 2.45) is 0 Å². The smallest absolute Gasteiger partial charge is 0.115 e. The van der Waals surface area contributed by atoms with E-state index in [9.17, 15) is 0 Å². The molecule has 0 aliphatic carbocycles. The SMILES string of the molecule is C(=C\C12CCCN1CCC2)/c1cncnc1. The summed E-state index contributed by atoms with van der Waals surface area (Å²) >= 11 is 0. The topological polar surface area (TPSA) is 29.0 Å². The van der Waals surface area contributed by atoms with Gasteiger partial charge in [-0.25, -0.2) is 9.97 Å². The molecular weight excluding hydrogens is 198 g/mol. The van der Waals surface area contributed by atoms with E-state index in [-0.39, 0.29) is 0 Å². The fraction of sp³-hybridized carbons (Fsp3) is 0.538. The molecule has 3 rings (SSSR count). The maximum absolute atomic E-state index is 4.04. The van der Waals surface area contributed by atoms with Crippen molar-refractivity contribution < 1.29 is 0 Å². The Morgan fingerprint density at radius 1 is 1.12 bits per heavy atom. The van der Waals surface area contributed by atoms with Crippen LogP contribution in [0.25, 0.3) is 6.08 Å². The van der Waals surface area contributed by atoms with E-state index in [1.165, 1.54) is 38.8 Å². The summed E-state index contributed by atoms with van der Waals surface area (Å²) < 4.78 is 0. The van der Waals surface area contributed by atoms with Gasteiger partial charge in [-0.05, 0) is 38.8 Å². The van der Waals surface area contributed by atoms with Crippen LogP contribution in [0.5, 0.6) is 0 Å². The quantitative estimate of drug-likeness (QED) is 0.756. The van der Waals surface area contributed by atoms with Gasteiger partial charge in [0.25, 0.3) is 0 Å². The van der Waals surface area contributed by atoms with E-state index in [0.29, 0.717) is 5.54 Å². The summed E-state index contributed by atoms with van der Waals surface area (Å²) in [5.74, 6) is 0. The Kier molecular flexibility index (Phi) is 2.48. The van der Waals surface area contributed by atoms with Gasteiger partial charge in [0.2, 0.25) is 0 Å². The van der Waals surface area contributed by atoms with Gasteiger partial charge < -0.3 is 0 Å². The molecule has 0 radical (unpaired) electrons. The van der Waals surface area contributed by atoms with Crippen molar-refractivity contribution in [2.45, 2.75) is 31.2 Å². The molecule has 0 aromatic carbocycles. The monoisotopic (exact) mass is 215 g/mol. The van der Waals surface area contributed by atoms with Crippen LogP contribution >= 0.6 is 0 Å². The third-order valence-electron chi connectivity index (χ3n) is 3.87. The van der Waals surface area contributed by atoms with Crippen LogP contribution in [0, 0.1) is 0 Å². The molecule has 3 heterocycles. The van der Waals surface area contributed by atoms with E-state index in [1.807, 2.05) is 12.4 Å². The van der Waals surface area contributed by atoms with Crippen LogP contribution in [0.15, 0.2) is 24.8 Å². The minimum Gasteiger partial charge on any atom is -0.294 e. The Hall–Kier alpha value is -1.22. The van der Waals surface area contributed by atoms with Crippen LogP contribution in [0.1, 0.15) is 31.2 Å². The van der Waals surface area contributed by atoms with Crippen LogP contribution in [0.3, 0.4) is 0 Å². The largest absolute Gasteiger partial charge is 0.294 e. The van der Waals surface area contributed by atoms with Gasteiger partial charge in [0.1, 0.15) is 6.33 Å². The van der Waals surface area contributed by atoms with Gasteiger partial charge in [0.15, 0.2) is 0 Å². The highest BCUT2D eigenvalue weighted by Crippen LogP contribution is 2.40. The standard InChI is InChI=1S/C13H17N3/c1-4-13(5-2-8-16(13)7-1)6-3-12-9-14-11-15-10-12/h3,6,9-11H,1-2,4-5,7-8H2/b6-3+. The summed E-state index contributed by atoms with van der Waals surface area (Å²) in [5, 5.41) is 0. The van der Waals surface area contributed by atoms with Gasteiger partial charge in [-0.1, -0.05) is 12.2 Å². The molecule has 0 saturated carbocycles. The van der Waals surface area contributed by atoms with E-state index >= 15 is 0 Å². The molecule has 16 heavy (non-hydrogen) atoms. The molecule has 84 valence electrons. The van der Waals surface area contributed by atoms with E-state index < -0.39 is 0 Å². The maximum Gasteiger partial charge on any atom is 0.115 e. The minimum absolute atomic E-state index is 0.357. The Balaban J connectivity index is 1.81. The van der Waals surface area contributed by atoms with Crippen molar-refractivity contribution in [3.05, 3.63) is 30.4 Å². The molecule has 0 bridgehead atoms. The first kappa shape index (κ1) is 9.97. The zero-order valence-electron chi connectivity index (χ0n) is 9.47. The van der Waals surface area contributed by atoms with Crippen LogP contribution in [0.4, 0.5) is 0 Å². The number of nitrogens with zero attached hydrogens (tertiary/aromatic N) is 3. The summed E-state index contributed by atoms with van der Waals surface area (Å²) in [4.78, 5) is 10.7. The average molecular weight is 215 g/mol. The molecular formula is C13H17N3. The highest BCUT2D eigenvalue weighted by atomic mass is 15.2. The van der Waals surface area contributed by atoms with E-state index in [0.717, 1.165) is 5.56 Å². The highest BCUT2D eigenvalue weighted by Gasteiger charge is 2.41. The minimum atomic E-state index is 0.357. The van der Waals surface area contributed by atoms with Gasteiger partial charge in [0.05, 0.1) is 0 Å². The molecule has 0 atom stereocenters.